The van der Waals surface area contributed by atoms with Crippen LogP contribution < -0.4 is 11.1 Å². The van der Waals surface area contributed by atoms with Crippen LogP contribution in [0.1, 0.15) is 41.4 Å². The third-order valence-corrected chi connectivity index (χ3v) is 4.82. The highest BCUT2D eigenvalue weighted by atomic mass is 19.4. The molecule has 0 saturated heterocycles. The van der Waals surface area contributed by atoms with Crippen molar-refractivity contribution in [3.05, 3.63) is 59.4 Å². The molecule has 0 fully saturated rings. The molecular weight excluding hydrogens is 383 g/mol. The number of amidine groups is 1. The zero-order chi connectivity index (χ0) is 21.2. The highest BCUT2D eigenvalue weighted by Crippen LogP contribution is 2.44. The van der Waals surface area contributed by atoms with Crippen molar-refractivity contribution in [1.82, 2.24) is 4.98 Å². The lowest BCUT2D eigenvalue weighted by atomic mass is 9.79. The maximum absolute atomic E-state index is 13.3. The molecule has 0 bridgehead atoms. The van der Waals surface area contributed by atoms with E-state index in [2.05, 4.69) is 15.3 Å². The lowest BCUT2D eigenvalue weighted by molar-refractivity contribution is -0.179. The van der Waals surface area contributed by atoms with Crippen LogP contribution in [0, 0.1) is 17.2 Å². The number of pyridine rings is 1. The maximum Gasteiger partial charge on any atom is 0.392 e. The number of nitrogens with one attached hydrogen (secondary N) is 1. The summed E-state index contributed by atoms with van der Waals surface area (Å²) < 4.78 is 39.8. The number of nitriles is 1. The number of benzene rings is 1. The lowest BCUT2D eigenvalue weighted by Crippen LogP contribution is -2.40. The summed E-state index contributed by atoms with van der Waals surface area (Å²) in [6, 6.07) is 11.3. The van der Waals surface area contributed by atoms with E-state index in [1.165, 1.54) is 18.3 Å². The SMILES string of the molecule is C[C@@]1(c2cccc(NC(=O)c3ccc(C#N)cn3)c2)C[C@@H](C(F)(F)F)CC(N)=N1. The first kappa shape index (κ1) is 20.3. The van der Waals surface area contributed by atoms with Crippen LogP contribution >= 0.6 is 0 Å². The van der Waals surface area contributed by atoms with E-state index in [1.54, 1.807) is 31.2 Å². The number of hydrogen-bond donors (Lipinski definition) is 2. The summed E-state index contributed by atoms with van der Waals surface area (Å²) >= 11 is 0. The van der Waals surface area contributed by atoms with Crippen molar-refractivity contribution in [2.24, 2.45) is 16.6 Å². The first-order chi connectivity index (χ1) is 13.6. The lowest BCUT2D eigenvalue weighted by Gasteiger charge is -2.36. The van der Waals surface area contributed by atoms with Crippen LogP contribution in [-0.2, 0) is 5.54 Å². The Morgan fingerprint density at radius 1 is 1.34 bits per heavy atom. The fourth-order valence-electron chi connectivity index (χ4n) is 3.35. The Labute approximate surface area is 165 Å². The van der Waals surface area contributed by atoms with Gasteiger partial charge in [0.1, 0.15) is 11.8 Å². The van der Waals surface area contributed by atoms with E-state index < -0.39 is 23.5 Å². The van der Waals surface area contributed by atoms with Gasteiger partial charge in [0.15, 0.2) is 0 Å². The number of anilines is 1. The molecule has 1 amide bonds. The zero-order valence-electron chi connectivity index (χ0n) is 15.5. The van der Waals surface area contributed by atoms with Crippen LogP contribution in [0.15, 0.2) is 47.6 Å². The molecule has 1 aromatic carbocycles. The molecule has 6 nitrogen and oxygen atoms in total. The van der Waals surface area contributed by atoms with Crippen molar-refractivity contribution in [1.29, 1.82) is 5.26 Å². The smallest absolute Gasteiger partial charge is 0.387 e. The van der Waals surface area contributed by atoms with E-state index in [9.17, 15) is 18.0 Å². The number of halogens is 3. The molecule has 0 saturated carbocycles. The fraction of sp³-hybridized carbons (Fsp3) is 0.300. The average Bonchev–Trinajstić information content (AvgIpc) is 2.67. The summed E-state index contributed by atoms with van der Waals surface area (Å²) in [6.45, 7) is 1.60. The minimum absolute atomic E-state index is 0.0442. The number of hydrogen-bond acceptors (Lipinski definition) is 5. The van der Waals surface area contributed by atoms with Crippen molar-refractivity contribution in [3.63, 3.8) is 0 Å². The summed E-state index contributed by atoms with van der Waals surface area (Å²) in [4.78, 5) is 20.6. The van der Waals surface area contributed by atoms with E-state index in [0.29, 0.717) is 16.8 Å². The molecular formula is C20H18F3N5O. The van der Waals surface area contributed by atoms with Gasteiger partial charge in [-0.1, -0.05) is 12.1 Å². The molecule has 3 N–H and O–H groups in total. The minimum Gasteiger partial charge on any atom is -0.387 e. The maximum atomic E-state index is 13.3. The summed E-state index contributed by atoms with van der Waals surface area (Å²) in [5.41, 5.74) is 5.88. The highest BCUT2D eigenvalue weighted by molar-refractivity contribution is 6.02. The zero-order valence-corrected chi connectivity index (χ0v) is 15.5. The molecule has 1 aromatic heterocycles. The summed E-state index contributed by atoms with van der Waals surface area (Å²) in [5.74, 6) is -2.12. The number of carbonyl (C=O) groups excluding carboxylic acids is 1. The summed E-state index contributed by atoms with van der Waals surface area (Å²) in [7, 11) is 0. The van der Waals surface area contributed by atoms with Gasteiger partial charge < -0.3 is 11.1 Å². The third kappa shape index (κ3) is 4.54. The Hall–Kier alpha value is -3.41. The Morgan fingerprint density at radius 2 is 2.10 bits per heavy atom. The average molecular weight is 401 g/mol. The standard InChI is InChI=1S/C20H18F3N5O/c1-19(9-14(20(21,22)23)8-17(25)28-19)13-3-2-4-15(7-13)27-18(29)16-6-5-12(10-24)11-26-16/h2-7,11,14H,8-9H2,1H3,(H2,25,28)(H,27,29)/t14-,19-/m0/s1. The van der Waals surface area contributed by atoms with Gasteiger partial charge in [0.05, 0.1) is 22.9 Å². The van der Waals surface area contributed by atoms with Crippen LogP contribution in [0.5, 0.6) is 0 Å². The van der Waals surface area contributed by atoms with Crippen molar-refractivity contribution in [3.8, 4) is 6.07 Å². The molecule has 150 valence electrons. The Balaban J connectivity index is 1.84. The van der Waals surface area contributed by atoms with Gasteiger partial charge in [-0.3, -0.25) is 9.79 Å². The second-order valence-electron chi connectivity index (χ2n) is 7.10. The third-order valence-electron chi connectivity index (χ3n) is 4.82. The molecule has 0 radical (unpaired) electrons. The van der Waals surface area contributed by atoms with Crippen molar-refractivity contribution in [2.75, 3.05) is 5.32 Å². The van der Waals surface area contributed by atoms with E-state index in [-0.39, 0.29) is 24.4 Å². The number of aliphatic imine (C=N–C) groups is 1. The molecule has 9 heteroatoms. The molecule has 3 rings (SSSR count). The van der Waals surface area contributed by atoms with Crippen LogP contribution in [-0.4, -0.2) is 22.9 Å². The summed E-state index contributed by atoms with van der Waals surface area (Å²) in [5, 5.41) is 11.4. The predicted molar refractivity (Wildman–Crippen MR) is 101 cm³/mol. The Kier molecular flexibility index (Phi) is 5.29. The van der Waals surface area contributed by atoms with Gasteiger partial charge in [0.25, 0.3) is 5.91 Å². The van der Waals surface area contributed by atoms with Gasteiger partial charge >= 0.3 is 6.18 Å². The molecule has 0 aliphatic carbocycles. The van der Waals surface area contributed by atoms with Gasteiger partial charge in [-0.25, -0.2) is 4.98 Å². The van der Waals surface area contributed by atoms with E-state index in [0.717, 1.165) is 0 Å². The number of carbonyl (C=O) groups is 1. The number of nitrogens with two attached hydrogens (primary N) is 1. The van der Waals surface area contributed by atoms with Gasteiger partial charge in [0.2, 0.25) is 0 Å². The number of aromatic nitrogens is 1. The van der Waals surface area contributed by atoms with Crippen LogP contribution in [0.4, 0.5) is 18.9 Å². The highest BCUT2D eigenvalue weighted by Gasteiger charge is 2.47. The molecule has 0 spiro atoms. The molecule has 1 aliphatic rings. The van der Waals surface area contributed by atoms with Gasteiger partial charge in [-0.2, -0.15) is 18.4 Å². The molecule has 1 aliphatic heterocycles. The van der Waals surface area contributed by atoms with Crippen molar-refractivity contribution >= 4 is 17.4 Å². The predicted octanol–water partition coefficient (Wildman–Crippen LogP) is 3.75. The largest absolute Gasteiger partial charge is 0.392 e. The van der Waals surface area contributed by atoms with E-state index in [4.69, 9.17) is 11.0 Å². The molecule has 2 aromatic rings. The summed E-state index contributed by atoms with van der Waals surface area (Å²) in [6.07, 6.45) is -3.64. The number of alkyl halides is 3. The second kappa shape index (κ2) is 7.54. The molecule has 2 heterocycles. The van der Waals surface area contributed by atoms with Crippen LogP contribution in [0.25, 0.3) is 0 Å². The molecule has 2 atom stereocenters. The molecule has 0 unspecified atom stereocenters. The Morgan fingerprint density at radius 3 is 2.72 bits per heavy atom. The first-order valence-corrected chi connectivity index (χ1v) is 8.80. The van der Waals surface area contributed by atoms with Crippen LogP contribution in [0.3, 0.4) is 0 Å². The number of rotatable bonds is 3. The van der Waals surface area contributed by atoms with Gasteiger partial charge in [-0.15, -0.1) is 0 Å². The minimum atomic E-state index is -4.37. The quantitative estimate of drug-likeness (QED) is 0.817. The van der Waals surface area contributed by atoms with E-state index >= 15 is 0 Å². The van der Waals surface area contributed by atoms with Crippen molar-refractivity contribution in [2.45, 2.75) is 31.5 Å². The monoisotopic (exact) mass is 401 g/mol. The van der Waals surface area contributed by atoms with E-state index in [1.807, 2.05) is 6.07 Å². The fourth-order valence-corrected chi connectivity index (χ4v) is 3.35. The normalized spacial score (nSPS) is 21.8. The van der Waals surface area contributed by atoms with Gasteiger partial charge in [0, 0.05) is 18.3 Å². The Bertz CT molecular complexity index is 994. The van der Waals surface area contributed by atoms with Crippen LogP contribution in [0.2, 0.25) is 0 Å². The topological polar surface area (TPSA) is 104 Å². The van der Waals surface area contributed by atoms with Gasteiger partial charge in [-0.05, 0) is 43.2 Å². The molecule has 29 heavy (non-hydrogen) atoms. The second-order valence-corrected chi connectivity index (χ2v) is 7.10. The first-order valence-electron chi connectivity index (χ1n) is 8.80. The number of nitrogens with zero attached hydrogens (tertiary/aromatic N) is 3. The number of amides is 1. The van der Waals surface area contributed by atoms with Crippen molar-refractivity contribution < 1.29 is 18.0 Å².